The van der Waals surface area contributed by atoms with Gasteiger partial charge < -0.3 is 9.88 Å². The van der Waals surface area contributed by atoms with Crippen LogP contribution < -0.4 is 5.32 Å². The van der Waals surface area contributed by atoms with Gasteiger partial charge in [0.15, 0.2) is 0 Å². The average Bonchev–Trinajstić information content (AvgIpc) is 2.92. The van der Waals surface area contributed by atoms with Crippen LogP contribution in [0.25, 0.3) is 0 Å². The number of amides is 1. The molecule has 0 aliphatic carbocycles. The summed E-state index contributed by atoms with van der Waals surface area (Å²) in [6, 6.07) is 0. The summed E-state index contributed by atoms with van der Waals surface area (Å²) in [6.45, 7) is 0.303. The second-order valence-corrected chi connectivity index (χ2v) is 4.23. The molecule has 0 fully saturated rings. The molecule has 0 aromatic carbocycles. The second-order valence-electron chi connectivity index (χ2n) is 3.25. The van der Waals surface area contributed by atoms with Gasteiger partial charge in [-0.25, -0.2) is 9.97 Å². The lowest BCUT2D eigenvalue weighted by molar-refractivity contribution is -0.121. The van der Waals surface area contributed by atoms with Crippen molar-refractivity contribution in [1.29, 1.82) is 0 Å². The maximum Gasteiger partial charge on any atom is 0.239 e. The molecule has 2 aromatic heterocycles. The van der Waals surface area contributed by atoms with Gasteiger partial charge in [0, 0.05) is 31.0 Å². The Balaban J connectivity index is 2.10. The van der Waals surface area contributed by atoms with E-state index in [9.17, 15) is 4.79 Å². The highest BCUT2D eigenvalue weighted by molar-refractivity contribution is 7.09. The number of thiazole rings is 1. The van der Waals surface area contributed by atoms with Crippen LogP contribution in [0.2, 0.25) is 0 Å². The molecule has 0 atom stereocenters. The van der Waals surface area contributed by atoms with Crippen LogP contribution >= 0.6 is 11.3 Å². The number of imidazole rings is 1. The first-order valence-corrected chi connectivity index (χ1v) is 5.76. The fourth-order valence-electron chi connectivity index (χ4n) is 1.36. The molecule has 0 aliphatic heterocycles. The van der Waals surface area contributed by atoms with Gasteiger partial charge in [-0.1, -0.05) is 0 Å². The van der Waals surface area contributed by atoms with Crippen molar-refractivity contribution in [3.63, 3.8) is 0 Å². The third kappa shape index (κ3) is 2.46. The van der Waals surface area contributed by atoms with Crippen LogP contribution in [0.1, 0.15) is 10.8 Å². The largest absolute Gasteiger partial charge is 0.358 e. The third-order valence-corrected chi connectivity index (χ3v) is 2.97. The SMILES string of the molecule is CNC(=O)Cn1ccnc1Cc1nccs1. The zero-order chi connectivity index (χ0) is 11.4. The Morgan fingerprint density at radius 1 is 1.50 bits per heavy atom. The molecule has 0 bridgehead atoms. The van der Waals surface area contributed by atoms with Crippen LogP contribution in [0.3, 0.4) is 0 Å². The molecule has 0 spiro atoms. The first-order chi connectivity index (χ1) is 7.79. The number of hydrogen-bond donors (Lipinski definition) is 1. The van der Waals surface area contributed by atoms with Crippen LogP contribution in [0.5, 0.6) is 0 Å². The molecule has 0 unspecified atom stereocenters. The van der Waals surface area contributed by atoms with E-state index < -0.39 is 0 Å². The molecular formula is C10H12N4OS. The van der Waals surface area contributed by atoms with Crippen LogP contribution in [-0.4, -0.2) is 27.5 Å². The van der Waals surface area contributed by atoms with Crippen LogP contribution in [0.4, 0.5) is 0 Å². The van der Waals surface area contributed by atoms with Crippen molar-refractivity contribution < 1.29 is 4.79 Å². The maximum absolute atomic E-state index is 11.3. The number of nitrogens with one attached hydrogen (secondary N) is 1. The van der Waals surface area contributed by atoms with Gasteiger partial charge in [0.25, 0.3) is 0 Å². The Labute approximate surface area is 97.2 Å². The van der Waals surface area contributed by atoms with E-state index in [1.165, 1.54) is 0 Å². The minimum atomic E-state index is -0.0293. The van der Waals surface area contributed by atoms with E-state index in [0.717, 1.165) is 10.8 Å². The Morgan fingerprint density at radius 2 is 2.38 bits per heavy atom. The molecule has 1 amide bonds. The van der Waals surface area contributed by atoms with E-state index in [4.69, 9.17) is 0 Å². The minimum Gasteiger partial charge on any atom is -0.358 e. The Bertz CT molecular complexity index is 463. The van der Waals surface area contributed by atoms with Crippen molar-refractivity contribution in [2.24, 2.45) is 0 Å². The fourth-order valence-corrected chi connectivity index (χ4v) is 1.97. The monoisotopic (exact) mass is 236 g/mol. The molecule has 1 N–H and O–H groups in total. The van der Waals surface area contributed by atoms with E-state index in [1.807, 2.05) is 9.95 Å². The van der Waals surface area contributed by atoms with Crippen molar-refractivity contribution in [3.8, 4) is 0 Å². The molecule has 2 aromatic rings. The first kappa shape index (κ1) is 10.8. The minimum absolute atomic E-state index is 0.0293. The van der Waals surface area contributed by atoms with Gasteiger partial charge in [-0.3, -0.25) is 4.79 Å². The standard InChI is InChI=1S/C10H12N4OS/c1-11-9(15)7-14-4-2-12-8(14)6-10-13-3-5-16-10/h2-5H,6-7H2,1H3,(H,11,15). The maximum atomic E-state index is 11.3. The summed E-state index contributed by atoms with van der Waals surface area (Å²) in [5, 5.41) is 5.52. The lowest BCUT2D eigenvalue weighted by Gasteiger charge is -2.05. The van der Waals surface area contributed by atoms with Crippen molar-refractivity contribution in [1.82, 2.24) is 19.9 Å². The number of rotatable bonds is 4. The fraction of sp³-hybridized carbons (Fsp3) is 0.300. The quantitative estimate of drug-likeness (QED) is 0.849. The predicted molar refractivity (Wildman–Crippen MR) is 61.2 cm³/mol. The van der Waals surface area contributed by atoms with E-state index in [-0.39, 0.29) is 5.91 Å². The summed E-state index contributed by atoms with van der Waals surface area (Å²) >= 11 is 1.59. The molecule has 0 saturated heterocycles. The second kappa shape index (κ2) is 4.89. The highest BCUT2D eigenvalue weighted by Crippen LogP contribution is 2.10. The number of hydrogen-bond acceptors (Lipinski definition) is 4. The Hall–Kier alpha value is -1.69. The normalized spacial score (nSPS) is 10.3. The van der Waals surface area contributed by atoms with Gasteiger partial charge in [-0.15, -0.1) is 11.3 Å². The number of likely N-dealkylation sites (N-methyl/N-ethyl adjacent to an activating group) is 1. The van der Waals surface area contributed by atoms with Crippen LogP contribution in [0.15, 0.2) is 24.0 Å². The van der Waals surface area contributed by atoms with Gasteiger partial charge in [-0.2, -0.15) is 0 Å². The molecule has 2 heterocycles. The number of carbonyl (C=O) groups is 1. The van der Waals surface area contributed by atoms with Crippen molar-refractivity contribution in [2.45, 2.75) is 13.0 Å². The molecule has 2 rings (SSSR count). The summed E-state index contributed by atoms with van der Waals surface area (Å²) in [6.07, 6.45) is 5.94. The summed E-state index contributed by atoms with van der Waals surface area (Å²) in [4.78, 5) is 19.7. The molecule has 16 heavy (non-hydrogen) atoms. The molecule has 0 saturated carbocycles. The van der Waals surface area contributed by atoms with Crippen molar-refractivity contribution in [3.05, 3.63) is 34.8 Å². The number of nitrogens with zero attached hydrogens (tertiary/aromatic N) is 3. The predicted octanol–water partition coefficient (Wildman–Crippen LogP) is 0.676. The average molecular weight is 236 g/mol. The molecule has 0 radical (unpaired) electrons. The van der Waals surface area contributed by atoms with Crippen molar-refractivity contribution in [2.75, 3.05) is 7.05 Å². The van der Waals surface area contributed by atoms with Gasteiger partial charge in [-0.05, 0) is 0 Å². The number of aromatic nitrogens is 3. The van der Waals surface area contributed by atoms with Gasteiger partial charge in [0.05, 0.1) is 11.4 Å². The van der Waals surface area contributed by atoms with Crippen LogP contribution in [-0.2, 0) is 17.8 Å². The summed E-state index contributed by atoms with van der Waals surface area (Å²) < 4.78 is 1.83. The van der Waals surface area contributed by atoms with E-state index in [2.05, 4.69) is 15.3 Å². The summed E-state index contributed by atoms with van der Waals surface area (Å²) in [5.74, 6) is 0.830. The molecule has 84 valence electrons. The Morgan fingerprint density at radius 3 is 3.06 bits per heavy atom. The highest BCUT2D eigenvalue weighted by Gasteiger charge is 2.08. The Kier molecular flexibility index (Phi) is 3.31. The zero-order valence-corrected chi connectivity index (χ0v) is 9.70. The molecule has 0 aliphatic rings. The molecular weight excluding hydrogens is 224 g/mol. The smallest absolute Gasteiger partial charge is 0.239 e. The van der Waals surface area contributed by atoms with Crippen LogP contribution in [0, 0.1) is 0 Å². The highest BCUT2D eigenvalue weighted by atomic mass is 32.1. The summed E-state index contributed by atoms with van der Waals surface area (Å²) in [7, 11) is 1.62. The van der Waals surface area contributed by atoms with Gasteiger partial charge >= 0.3 is 0 Å². The van der Waals surface area contributed by atoms with E-state index in [0.29, 0.717) is 13.0 Å². The lowest BCUT2D eigenvalue weighted by atomic mass is 10.4. The third-order valence-electron chi connectivity index (χ3n) is 2.19. The number of carbonyl (C=O) groups excluding carboxylic acids is 1. The zero-order valence-electron chi connectivity index (χ0n) is 8.88. The van der Waals surface area contributed by atoms with Crippen molar-refractivity contribution >= 4 is 17.2 Å². The van der Waals surface area contributed by atoms with Gasteiger partial charge in [0.2, 0.25) is 5.91 Å². The molecule has 5 nitrogen and oxygen atoms in total. The van der Waals surface area contributed by atoms with E-state index in [1.54, 1.807) is 37.0 Å². The lowest BCUT2D eigenvalue weighted by Crippen LogP contribution is -2.24. The summed E-state index contributed by atoms with van der Waals surface area (Å²) in [5.41, 5.74) is 0. The molecule has 6 heteroatoms. The van der Waals surface area contributed by atoms with E-state index >= 15 is 0 Å². The topological polar surface area (TPSA) is 59.8 Å². The first-order valence-electron chi connectivity index (χ1n) is 4.88. The van der Waals surface area contributed by atoms with Gasteiger partial charge in [0.1, 0.15) is 12.4 Å².